The molecule has 0 radical (unpaired) electrons. The number of anilines is 1. The summed E-state index contributed by atoms with van der Waals surface area (Å²) in [5.41, 5.74) is 0.809. The molecule has 1 heterocycles. The van der Waals surface area contributed by atoms with E-state index in [9.17, 15) is 9.59 Å². The van der Waals surface area contributed by atoms with Gasteiger partial charge in [0.25, 0.3) is 0 Å². The largest absolute Gasteiger partial charge is 0.356 e. The molecular weight excluding hydrogens is 266 g/mol. The number of para-hydroxylation sites is 1. The van der Waals surface area contributed by atoms with Crippen LogP contribution in [0.5, 0.6) is 0 Å². The van der Waals surface area contributed by atoms with Crippen LogP contribution in [0.1, 0.15) is 26.2 Å². The molecule has 5 heteroatoms. The van der Waals surface area contributed by atoms with Crippen molar-refractivity contribution in [2.45, 2.75) is 26.2 Å². The van der Waals surface area contributed by atoms with Crippen molar-refractivity contribution in [2.24, 2.45) is 5.92 Å². The van der Waals surface area contributed by atoms with Crippen molar-refractivity contribution in [2.75, 3.05) is 25.0 Å². The maximum absolute atomic E-state index is 12.2. The lowest BCUT2D eigenvalue weighted by Crippen LogP contribution is -2.45. The average Bonchev–Trinajstić information content (AvgIpc) is 2.53. The first-order chi connectivity index (χ1) is 10.2. The number of nitrogens with zero attached hydrogens (tertiary/aromatic N) is 1. The minimum absolute atomic E-state index is 0.0623. The number of urea groups is 1. The molecule has 5 nitrogen and oxygen atoms in total. The highest BCUT2D eigenvalue weighted by Gasteiger charge is 2.23. The smallest absolute Gasteiger partial charge is 0.321 e. The Morgan fingerprint density at radius 1 is 1.29 bits per heavy atom. The van der Waals surface area contributed by atoms with Gasteiger partial charge in [-0.1, -0.05) is 25.1 Å². The summed E-state index contributed by atoms with van der Waals surface area (Å²) in [6.45, 7) is 3.97. The third-order valence-corrected chi connectivity index (χ3v) is 3.74. The highest BCUT2D eigenvalue weighted by Crippen LogP contribution is 2.17. The first kappa shape index (κ1) is 15.4. The molecule has 1 fully saturated rings. The van der Waals surface area contributed by atoms with Gasteiger partial charge in [0.15, 0.2) is 0 Å². The van der Waals surface area contributed by atoms with E-state index in [2.05, 4.69) is 10.6 Å². The van der Waals surface area contributed by atoms with Crippen molar-refractivity contribution < 1.29 is 9.59 Å². The second-order valence-electron chi connectivity index (χ2n) is 5.41. The van der Waals surface area contributed by atoms with Crippen LogP contribution in [-0.2, 0) is 4.79 Å². The van der Waals surface area contributed by atoms with Crippen molar-refractivity contribution in [3.63, 3.8) is 0 Å². The molecule has 2 rings (SSSR count). The van der Waals surface area contributed by atoms with E-state index in [0.29, 0.717) is 25.4 Å². The van der Waals surface area contributed by atoms with Crippen LogP contribution in [0, 0.1) is 5.92 Å². The number of rotatable bonds is 4. The highest BCUT2D eigenvalue weighted by molar-refractivity contribution is 5.89. The van der Waals surface area contributed by atoms with Crippen molar-refractivity contribution >= 4 is 17.6 Å². The Kier molecular flexibility index (Phi) is 5.60. The molecule has 1 aliphatic heterocycles. The number of hydrogen-bond acceptors (Lipinski definition) is 2. The molecule has 0 saturated carbocycles. The lowest BCUT2D eigenvalue weighted by molar-refractivity contribution is -0.121. The number of piperidine rings is 1. The highest BCUT2D eigenvalue weighted by atomic mass is 16.2. The maximum atomic E-state index is 12.2. The predicted molar refractivity (Wildman–Crippen MR) is 83.1 cm³/mol. The minimum Gasteiger partial charge on any atom is -0.356 e. The van der Waals surface area contributed by atoms with E-state index in [1.165, 1.54) is 0 Å². The van der Waals surface area contributed by atoms with Crippen LogP contribution in [0.25, 0.3) is 0 Å². The molecule has 1 atom stereocenters. The molecule has 1 unspecified atom stereocenters. The summed E-state index contributed by atoms with van der Waals surface area (Å²) in [7, 11) is 0. The van der Waals surface area contributed by atoms with E-state index in [4.69, 9.17) is 0 Å². The van der Waals surface area contributed by atoms with Gasteiger partial charge in [0.2, 0.25) is 5.91 Å². The summed E-state index contributed by atoms with van der Waals surface area (Å²) in [6, 6.07) is 9.40. The van der Waals surface area contributed by atoms with Crippen LogP contribution in [0.3, 0.4) is 0 Å². The Morgan fingerprint density at radius 3 is 2.76 bits per heavy atom. The van der Waals surface area contributed by atoms with E-state index in [1.54, 1.807) is 0 Å². The van der Waals surface area contributed by atoms with Crippen LogP contribution < -0.4 is 10.6 Å². The molecule has 0 aliphatic carbocycles. The molecule has 2 N–H and O–H groups in total. The number of carbonyl (C=O) groups is 2. The zero-order chi connectivity index (χ0) is 15.1. The standard InChI is InChI=1S/C16H23N3O2/c1-2-15(20)17-11-13-7-6-10-19(12-13)16(21)18-14-8-4-3-5-9-14/h3-5,8-9,13H,2,6-7,10-12H2,1H3,(H,17,20)(H,18,21). The first-order valence-corrected chi connectivity index (χ1v) is 7.56. The fraction of sp³-hybridized carbons (Fsp3) is 0.500. The summed E-state index contributed by atoms with van der Waals surface area (Å²) in [5, 5.41) is 5.82. The summed E-state index contributed by atoms with van der Waals surface area (Å²) >= 11 is 0. The Balaban J connectivity index is 1.82. The third kappa shape index (κ3) is 4.77. The quantitative estimate of drug-likeness (QED) is 0.894. The molecule has 1 aromatic carbocycles. The second kappa shape index (κ2) is 7.67. The minimum atomic E-state index is -0.0623. The van der Waals surface area contributed by atoms with Gasteiger partial charge in [-0.05, 0) is 30.9 Å². The fourth-order valence-electron chi connectivity index (χ4n) is 2.52. The van der Waals surface area contributed by atoms with Gasteiger partial charge in [0.05, 0.1) is 0 Å². The molecule has 1 aromatic rings. The number of hydrogen-bond donors (Lipinski definition) is 2. The number of likely N-dealkylation sites (tertiary alicyclic amines) is 1. The Morgan fingerprint density at radius 2 is 2.05 bits per heavy atom. The summed E-state index contributed by atoms with van der Waals surface area (Å²) in [4.78, 5) is 25.4. The van der Waals surface area contributed by atoms with Crippen molar-refractivity contribution in [1.82, 2.24) is 10.2 Å². The zero-order valence-corrected chi connectivity index (χ0v) is 12.5. The Hall–Kier alpha value is -2.04. The van der Waals surface area contributed by atoms with Gasteiger partial charge in [-0.15, -0.1) is 0 Å². The normalized spacial score (nSPS) is 18.1. The van der Waals surface area contributed by atoms with Crippen LogP contribution >= 0.6 is 0 Å². The zero-order valence-electron chi connectivity index (χ0n) is 12.5. The number of nitrogens with one attached hydrogen (secondary N) is 2. The number of amides is 3. The van der Waals surface area contributed by atoms with Gasteiger partial charge in [-0.25, -0.2) is 4.79 Å². The molecule has 1 saturated heterocycles. The monoisotopic (exact) mass is 289 g/mol. The van der Waals surface area contributed by atoms with E-state index in [-0.39, 0.29) is 11.9 Å². The van der Waals surface area contributed by atoms with Crippen LogP contribution in [0.15, 0.2) is 30.3 Å². The molecule has 21 heavy (non-hydrogen) atoms. The molecule has 114 valence electrons. The SMILES string of the molecule is CCC(=O)NCC1CCCN(C(=O)Nc2ccccc2)C1. The Bertz CT molecular complexity index is 476. The van der Waals surface area contributed by atoms with E-state index in [1.807, 2.05) is 42.2 Å². The van der Waals surface area contributed by atoms with Gasteiger partial charge in [-0.3, -0.25) is 4.79 Å². The summed E-state index contributed by atoms with van der Waals surface area (Å²) in [6.07, 6.45) is 2.54. The van der Waals surface area contributed by atoms with Crippen molar-refractivity contribution in [3.8, 4) is 0 Å². The van der Waals surface area contributed by atoms with Crippen LogP contribution in [-0.4, -0.2) is 36.5 Å². The molecule has 0 spiro atoms. The Labute approximate surface area is 125 Å². The van der Waals surface area contributed by atoms with Crippen molar-refractivity contribution in [1.29, 1.82) is 0 Å². The number of benzene rings is 1. The summed E-state index contributed by atoms with van der Waals surface area (Å²) < 4.78 is 0. The second-order valence-corrected chi connectivity index (χ2v) is 5.41. The lowest BCUT2D eigenvalue weighted by atomic mass is 9.98. The predicted octanol–water partition coefficient (Wildman–Crippen LogP) is 2.46. The number of carbonyl (C=O) groups excluding carboxylic acids is 2. The average molecular weight is 289 g/mol. The molecular formula is C16H23N3O2. The molecule has 0 aromatic heterocycles. The molecule has 1 aliphatic rings. The summed E-state index contributed by atoms with van der Waals surface area (Å²) in [5.74, 6) is 0.414. The molecule has 0 bridgehead atoms. The van der Waals surface area contributed by atoms with Gasteiger partial charge < -0.3 is 15.5 Å². The van der Waals surface area contributed by atoms with Gasteiger partial charge in [0, 0.05) is 31.7 Å². The van der Waals surface area contributed by atoms with Gasteiger partial charge >= 0.3 is 6.03 Å². The first-order valence-electron chi connectivity index (χ1n) is 7.56. The topological polar surface area (TPSA) is 61.4 Å². The van der Waals surface area contributed by atoms with E-state index >= 15 is 0 Å². The van der Waals surface area contributed by atoms with Crippen LogP contribution in [0.2, 0.25) is 0 Å². The maximum Gasteiger partial charge on any atom is 0.321 e. The van der Waals surface area contributed by atoms with E-state index in [0.717, 1.165) is 25.1 Å². The van der Waals surface area contributed by atoms with Gasteiger partial charge in [0.1, 0.15) is 0 Å². The lowest BCUT2D eigenvalue weighted by Gasteiger charge is -2.32. The fourth-order valence-corrected chi connectivity index (χ4v) is 2.52. The van der Waals surface area contributed by atoms with Crippen molar-refractivity contribution in [3.05, 3.63) is 30.3 Å². The van der Waals surface area contributed by atoms with E-state index < -0.39 is 0 Å². The van der Waals surface area contributed by atoms with Gasteiger partial charge in [-0.2, -0.15) is 0 Å². The molecule has 3 amide bonds. The van der Waals surface area contributed by atoms with Crippen LogP contribution in [0.4, 0.5) is 10.5 Å². The third-order valence-electron chi connectivity index (χ3n) is 3.74.